The van der Waals surface area contributed by atoms with Gasteiger partial charge in [0.15, 0.2) is 11.6 Å². The van der Waals surface area contributed by atoms with Crippen LogP contribution in [0.15, 0.2) is 47.3 Å². The Bertz CT molecular complexity index is 1040. The number of methoxy groups -OCH3 is 1. The lowest BCUT2D eigenvalue weighted by Crippen LogP contribution is -2.15. The molecule has 1 heterocycles. The highest BCUT2D eigenvalue weighted by molar-refractivity contribution is 5.82. The fourth-order valence-electron chi connectivity index (χ4n) is 2.71. The predicted octanol–water partition coefficient (Wildman–Crippen LogP) is 4.20. The van der Waals surface area contributed by atoms with Crippen LogP contribution in [-0.2, 0) is 0 Å². The molecule has 3 aromatic rings. The maximum Gasteiger partial charge on any atom is 0.272 e. The molecular formula is C20H16F2N2O2. The molecule has 0 radical (unpaired) electrons. The molecule has 2 aromatic carbocycles. The van der Waals surface area contributed by atoms with Crippen molar-refractivity contribution in [3.8, 4) is 16.9 Å². The number of halogens is 2. The average molecular weight is 354 g/mol. The third kappa shape index (κ3) is 3.39. The molecule has 0 saturated heterocycles. The largest absolute Gasteiger partial charge is 0.494 e. The number of rotatable bonds is 4. The molecule has 3 rings (SSSR count). The maximum absolute atomic E-state index is 14.7. The number of nitrogens with one attached hydrogen (secondary N) is 1. The fourth-order valence-corrected chi connectivity index (χ4v) is 2.71. The van der Waals surface area contributed by atoms with Crippen molar-refractivity contribution in [2.75, 3.05) is 7.11 Å². The van der Waals surface area contributed by atoms with Crippen LogP contribution in [0.4, 0.5) is 8.78 Å². The zero-order chi connectivity index (χ0) is 18.7. The standard InChI is InChI=1S/C20H16F2N2O2/c1-12-18(15-7-4-8-17(26-2)19(15)22)16(20(25)24-23-12)10-9-13-5-3-6-14(21)11-13/h3-11H,1-2H3,(H,24,25)/b10-9+. The van der Waals surface area contributed by atoms with Crippen LogP contribution in [0, 0.1) is 18.6 Å². The molecule has 0 aliphatic rings. The summed E-state index contributed by atoms with van der Waals surface area (Å²) in [5.74, 6) is -0.890. The van der Waals surface area contributed by atoms with Crippen LogP contribution < -0.4 is 10.3 Å². The highest BCUT2D eigenvalue weighted by Crippen LogP contribution is 2.32. The number of benzene rings is 2. The molecule has 1 aromatic heterocycles. The number of hydrogen-bond acceptors (Lipinski definition) is 3. The van der Waals surface area contributed by atoms with Crippen LogP contribution in [-0.4, -0.2) is 17.3 Å². The summed E-state index contributed by atoms with van der Waals surface area (Å²) in [6.45, 7) is 1.67. The molecule has 0 bridgehead atoms. The van der Waals surface area contributed by atoms with Crippen molar-refractivity contribution in [2.45, 2.75) is 6.92 Å². The molecule has 1 N–H and O–H groups in total. The molecule has 0 atom stereocenters. The molecule has 6 heteroatoms. The van der Waals surface area contributed by atoms with Crippen LogP contribution in [0.25, 0.3) is 23.3 Å². The van der Waals surface area contributed by atoms with Crippen molar-refractivity contribution in [2.24, 2.45) is 0 Å². The minimum absolute atomic E-state index is 0.0715. The van der Waals surface area contributed by atoms with Crippen molar-refractivity contribution >= 4 is 12.2 Å². The second-order valence-electron chi connectivity index (χ2n) is 5.64. The zero-order valence-electron chi connectivity index (χ0n) is 14.2. The van der Waals surface area contributed by atoms with E-state index in [1.165, 1.54) is 31.4 Å². The highest BCUT2D eigenvalue weighted by Gasteiger charge is 2.17. The molecule has 0 fully saturated rings. The van der Waals surface area contributed by atoms with Gasteiger partial charge in [-0.3, -0.25) is 4.79 Å². The van der Waals surface area contributed by atoms with E-state index in [-0.39, 0.29) is 22.7 Å². The number of aromatic amines is 1. The van der Waals surface area contributed by atoms with Gasteiger partial charge in [0, 0.05) is 11.1 Å². The summed E-state index contributed by atoms with van der Waals surface area (Å²) in [5.41, 5.74) is 1.36. The van der Waals surface area contributed by atoms with Crippen molar-refractivity contribution in [1.29, 1.82) is 0 Å². The Morgan fingerprint density at radius 2 is 1.88 bits per heavy atom. The summed E-state index contributed by atoms with van der Waals surface area (Å²) in [7, 11) is 1.37. The molecule has 26 heavy (non-hydrogen) atoms. The van der Waals surface area contributed by atoms with Crippen molar-refractivity contribution in [3.63, 3.8) is 0 Å². The van der Waals surface area contributed by atoms with Gasteiger partial charge in [0.25, 0.3) is 5.56 Å². The third-order valence-corrected chi connectivity index (χ3v) is 3.94. The van der Waals surface area contributed by atoms with E-state index in [1.54, 1.807) is 37.3 Å². The van der Waals surface area contributed by atoms with Crippen molar-refractivity contribution in [3.05, 3.63) is 81.3 Å². The van der Waals surface area contributed by atoms with Gasteiger partial charge in [0.1, 0.15) is 5.82 Å². The number of aryl methyl sites for hydroxylation is 1. The van der Waals surface area contributed by atoms with E-state index in [1.807, 2.05) is 0 Å². The van der Waals surface area contributed by atoms with Gasteiger partial charge in [-0.15, -0.1) is 0 Å². The van der Waals surface area contributed by atoms with E-state index < -0.39 is 11.4 Å². The lowest BCUT2D eigenvalue weighted by atomic mass is 9.98. The summed E-state index contributed by atoms with van der Waals surface area (Å²) in [6, 6.07) is 10.6. The van der Waals surface area contributed by atoms with Crippen molar-refractivity contribution in [1.82, 2.24) is 10.2 Å². The van der Waals surface area contributed by atoms with Gasteiger partial charge in [-0.1, -0.05) is 30.3 Å². The summed E-state index contributed by atoms with van der Waals surface area (Å²) < 4.78 is 33.1. The Morgan fingerprint density at radius 3 is 2.62 bits per heavy atom. The van der Waals surface area contributed by atoms with Crippen molar-refractivity contribution < 1.29 is 13.5 Å². The number of nitrogens with zero attached hydrogens (tertiary/aromatic N) is 1. The molecule has 0 amide bonds. The van der Waals surface area contributed by atoms with E-state index in [4.69, 9.17) is 4.74 Å². The minimum atomic E-state index is -0.578. The second kappa shape index (κ2) is 7.31. The van der Waals surface area contributed by atoms with Gasteiger partial charge in [-0.2, -0.15) is 5.10 Å². The smallest absolute Gasteiger partial charge is 0.272 e. The van der Waals surface area contributed by atoms with Gasteiger partial charge < -0.3 is 4.74 Å². The van der Waals surface area contributed by atoms with Gasteiger partial charge in [-0.25, -0.2) is 13.9 Å². The number of ether oxygens (including phenoxy) is 1. The molecule has 0 unspecified atom stereocenters. The molecule has 0 aliphatic carbocycles. The Kier molecular flexibility index (Phi) is 4.93. The van der Waals surface area contributed by atoms with Crippen LogP contribution in [0.3, 0.4) is 0 Å². The minimum Gasteiger partial charge on any atom is -0.494 e. The first kappa shape index (κ1) is 17.5. The van der Waals surface area contributed by atoms with Crippen LogP contribution in [0.2, 0.25) is 0 Å². The van der Waals surface area contributed by atoms with Gasteiger partial charge in [-0.05, 0) is 36.8 Å². The predicted molar refractivity (Wildman–Crippen MR) is 96.9 cm³/mol. The molecule has 0 aliphatic heterocycles. The summed E-state index contributed by atoms with van der Waals surface area (Å²) >= 11 is 0. The average Bonchev–Trinajstić information content (AvgIpc) is 2.63. The number of H-pyrrole nitrogens is 1. The maximum atomic E-state index is 14.7. The molecular weight excluding hydrogens is 338 g/mol. The number of hydrogen-bond donors (Lipinski definition) is 1. The third-order valence-electron chi connectivity index (χ3n) is 3.94. The first-order chi connectivity index (χ1) is 12.5. The summed E-state index contributed by atoms with van der Waals surface area (Å²) in [6.07, 6.45) is 3.12. The lowest BCUT2D eigenvalue weighted by Gasteiger charge is -2.11. The Morgan fingerprint density at radius 1 is 1.12 bits per heavy atom. The summed E-state index contributed by atoms with van der Waals surface area (Å²) in [4.78, 5) is 12.3. The highest BCUT2D eigenvalue weighted by atomic mass is 19.1. The Labute approximate surface area is 148 Å². The quantitative estimate of drug-likeness (QED) is 0.764. The van der Waals surface area contributed by atoms with Crippen LogP contribution in [0.5, 0.6) is 5.75 Å². The van der Waals surface area contributed by atoms with Gasteiger partial charge in [0.2, 0.25) is 0 Å². The molecule has 0 spiro atoms. The molecule has 0 saturated carbocycles. The second-order valence-corrected chi connectivity index (χ2v) is 5.64. The first-order valence-corrected chi connectivity index (χ1v) is 7.87. The fraction of sp³-hybridized carbons (Fsp3) is 0.100. The van der Waals surface area contributed by atoms with Crippen LogP contribution >= 0.6 is 0 Å². The van der Waals surface area contributed by atoms with E-state index >= 15 is 0 Å². The van der Waals surface area contributed by atoms with E-state index in [2.05, 4.69) is 10.2 Å². The Hall–Kier alpha value is -3.28. The lowest BCUT2D eigenvalue weighted by molar-refractivity contribution is 0.387. The zero-order valence-corrected chi connectivity index (χ0v) is 14.2. The monoisotopic (exact) mass is 354 g/mol. The molecule has 132 valence electrons. The topological polar surface area (TPSA) is 55.0 Å². The summed E-state index contributed by atoms with van der Waals surface area (Å²) in [5, 5.41) is 6.33. The van der Waals surface area contributed by atoms with E-state index in [0.717, 1.165) is 0 Å². The first-order valence-electron chi connectivity index (χ1n) is 7.87. The van der Waals surface area contributed by atoms with Crippen LogP contribution in [0.1, 0.15) is 16.8 Å². The normalized spacial score (nSPS) is 11.1. The SMILES string of the molecule is COc1cccc(-c2c(C)n[nH]c(=O)c2/C=C/c2cccc(F)c2)c1F. The van der Waals surface area contributed by atoms with E-state index in [0.29, 0.717) is 16.8 Å². The van der Waals surface area contributed by atoms with Gasteiger partial charge >= 0.3 is 0 Å². The Balaban J connectivity index is 2.19. The molecule has 4 nitrogen and oxygen atoms in total. The van der Waals surface area contributed by atoms with E-state index in [9.17, 15) is 13.6 Å². The number of aromatic nitrogens is 2. The van der Waals surface area contributed by atoms with Gasteiger partial charge in [0.05, 0.1) is 18.4 Å².